The molecule has 0 unspecified atom stereocenters. The van der Waals surface area contributed by atoms with Crippen LogP contribution in [-0.2, 0) is 0 Å². The van der Waals surface area contributed by atoms with E-state index in [-0.39, 0.29) is 5.43 Å². The highest BCUT2D eigenvalue weighted by Gasteiger charge is 2.05. The van der Waals surface area contributed by atoms with Crippen molar-refractivity contribution in [3.05, 3.63) is 69.3 Å². The van der Waals surface area contributed by atoms with E-state index < -0.39 is 0 Å². The summed E-state index contributed by atoms with van der Waals surface area (Å²) in [6.07, 6.45) is 0. The first kappa shape index (κ1) is 11.2. The van der Waals surface area contributed by atoms with Gasteiger partial charge in [-0.2, -0.15) is 0 Å². The van der Waals surface area contributed by atoms with E-state index in [4.69, 9.17) is 0 Å². The lowest BCUT2D eigenvalue weighted by molar-refractivity contribution is 1.37. The fourth-order valence-electron chi connectivity index (χ4n) is 2.01. The summed E-state index contributed by atoms with van der Waals surface area (Å²) in [5.41, 5.74) is 2.71. The lowest BCUT2D eigenvalue weighted by Gasteiger charge is -2.05. The van der Waals surface area contributed by atoms with Crippen LogP contribution >= 0.6 is 15.9 Å². The summed E-state index contributed by atoms with van der Waals surface area (Å²) in [4.78, 5) is 15.4. The first-order valence-corrected chi connectivity index (χ1v) is 6.42. The van der Waals surface area contributed by atoms with Crippen molar-refractivity contribution in [2.75, 3.05) is 0 Å². The maximum Gasteiger partial charge on any atom is 0.190 e. The Kier molecular flexibility index (Phi) is 2.76. The van der Waals surface area contributed by atoms with Crippen LogP contribution in [0.15, 0.2) is 63.9 Å². The van der Waals surface area contributed by atoms with Crippen LogP contribution in [0.3, 0.4) is 0 Å². The minimum Gasteiger partial charge on any atom is -0.353 e. The van der Waals surface area contributed by atoms with Crippen molar-refractivity contribution in [2.45, 2.75) is 0 Å². The molecule has 0 radical (unpaired) electrons. The van der Waals surface area contributed by atoms with Crippen molar-refractivity contribution in [1.29, 1.82) is 0 Å². The van der Waals surface area contributed by atoms with E-state index in [1.807, 2.05) is 48.5 Å². The molecule has 0 spiro atoms. The SMILES string of the molecule is O=c1cc(-c2ccccc2)[nH]c2c(Br)cccc12. The van der Waals surface area contributed by atoms with Crippen molar-refractivity contribution in [3.63, 3.8) is 0 Å². The highest BCUT2D eigenvalue weighted by Crippen LogP contribution is 2.23. The molecule has 0 bridgehead atoms. The van der Waals surface area contributed by atoms with Gasteiger partial charge < -0.3 is 4.98 Å². The van der Waals surface area contributed by atoms with Crippen molar-refractivity contribution < 1.29 is 0 Å². The first-order chi connectivity index (χ1) is 8.75. The molecular formula is C15H10BrNO. The van der Waals surface area contributed by atoms with E-state index in [2.05, 4.69) is 20.9 Å². The van der Waals surface area contributed by atoms with Crippen LogP contribution in [0.1, 0.15) is 0 Å². The number of fused-ring (bicyclic) bond motifs is 1. The first-order valence-electron chi connectivity index (χ1n) is 5.63. The van der Waals surface area contributed by atoms with Gasteiger partial charge in [0.05, 0.1) is 5.52 Å². The molecule has 0 aliphatic carbocycles. The number of pyridine rings is 1. The number of para-hydroxylation sites is 1. The highest BCUT2D eigenvalue weighted by atomic mass is 79.9. The maximum atomic E-state index is 12.1. The quantitative estimate of drug-likeness (QED) is 0.725. The number of H-pyrrole nitrogens is 1. The summed E-state index contributed by atoms with van der Waals surface area (Å²) in [6, 6.07) is 17.1. The molecule has 0 amide bonds. The molecular weight excluding hydrogens is 290 g/mol. The molecule has 0 aliphatic rings. The second-order valence-electron chi connectivity index (χ2n) is 4.08. The Morgan fingerprint density at radius 1 is 0.944 bits per heavy atom. The fourth-order valence-corrected chi connectivity index (χ4v) is 2.47. The van der Waals surface area contributed by atoms with Crippen molar-refractivity contribution in [2.24, 2.45) is 0 Å². The Balaban J connectivity index is 2.34. The molecule has 3 rings (SSSR count). The summed E-state index contributed by atoms with van der Waals surface area (Å²) in [7, 11) is 0. The van der Waals surface area contributed by atoms with Crippen LogP contribution in [0.25, 0.3) is 22.2 Å². The van der Waals surface area contributed by atoms with Crippen LogP contribution in [0.5, 0.6) is 0 Å². The fraction of sp³-hybridized carbons (Fsp3) is 0. The average molecular weight is 300 g/mol. The molecule has 2 aromatic carbocycles. The largest absolute Gasteiger partial charge is 0.353 e. The summed E-state index contributed by atoms with van der Waals surface area (Å²) in [6.45, 7) is 0. The number of benzene rings is 2. The van der Waals surface area contributed by atoms with E-state index in [9.17, 15) is 4.79 Å². The zero-order valence-corrected chi connectivity index (χ0v) is 11.1. The zero-order chi connectivity index (χ0) is 12.5. The monoisotopic (exact) mass is 299 g/mol. The molecule has 0 saturated heterocycles. The molecule has 3 heteroatoms. The van der Waals surface area contributed by atoms with Crippen LogP contribution in [0.4, 0.5) is 0 Å². The Bertz CT molecular complexity index is 762. The van der Waals surface area contributed by atoms with Gasteiger partial charge in [-0.25, -0.2) is 0 Å². The van der Waals surface area contributed by atoms with Crippen LogP contribution < -0.4 is 5.43 Å². The Morgan fingerprint density at radius 2 is 1.72 bits per heavy atom. The maximum absolute atomic E-state index is 12.1. The average Bonchev–Trinajstić information content (AvgIpc) is 2.41. The number of rotatable bonds is 1. The third-order valence-corrected chi connectivity index (χ3v) is 3.56. The predicted octanol–water partition coefficient (Wildman–Crippen LogP) is 3.96. The number of hydrogen-bond donors (Lipinski definition) is 1. The Morgan fingerprint density at radius 3 is 2.50 bits per heavy atom. The molecule has 0 fully saturated rings. The van der Waals surface area contributed by atoms with Crippen molar-refractivity contribution in [1.82, 2.24) is 4.98 Å². The van der Waals surface area contributed by atoms with Gasteiger partial charge in [-0.1, -0.05) is 36.4 Å². The van der Waals surface area contributed by atoms with Crippen LogP contribution in [0.2, 0.25) is 0 Å². The molecule has 0 saturated carbocycles. The number of aromatic amines is 1. The van der Waals surface area contributed by atoms with E-state index in [0.717, 1.165) is 21.2 Å². The Hall–Kier alpha value is -1.87. The minimum absolute atomic E-state index is 0.0314. The minimum atomic E-state index is 0.0314. The van der Waals surface area contributed by atoms with E-state index in [1.165, 1.54) is 0 Å². The van der Waals surface area contributed by atoms with Crippen molar-refractivity contribution >= 4 is 26.8 Å². The Labute approximate surface area is 112 Å². The summed E-state index contributed by atoms with van der Waals surface area (Å²) >= 11 is 3.47. The molecule has 88 valence electrons. The third-order valence-electron chi connectivity index (χ3n) is 2.90. The van der Waals surface area contributed by atoms with Gasteiger partial charge in [0.15, 0.2) is 5.43 Å². The molecule has 0 atom stereocenters. The molecule has 2 nitrogen and oxygen atoms in total. The number of hydrogen-bond acceptors (Lipinski definition) is 1. The van der Waals surface area contributed by atoms with Gasteiger partial charge in [-0.05, 0) is 33.6 Å². The predicted molar refractivity (Wildman–Crippen MR) is 77.7 cm³/mol. The second kappa shape index (κ2) is 4.42. The van der Waals surface area contributed by atoms with E-state index >= 15 is 0 Å². The lowest BCUT2D eigenvalue weighted by atomic mass is 10.1. The van der Waals surface area contributed by atoms with E-state index in [0.29, 0.717) is 5.39 Å². The summed E-state index contributed by atoms with van der Waals surface area (Å²) in [5.74, 6) is 0. The van der Waals surface area contributed by atoms with Gasteiger partial charge >= 0.3 is 0 Å². The molecule has 1 heterocycles. The lowest BCUT2D eigenvalue weighted by Crippen LogP contribution is -2.03. The molecule has 3 aromatic rings. The van der Waals surface area contributed by atoms with Crippen LogP contribution in [-0.4, -0.2) is 4.98 Å². The number of halogens is 1. The second-order valence-corrected chi connectivity index (χ2v) is 4.93. The van der Waals surface area contributed by atoms with Gasteiger partial charge in [0.1, 0.15) is 0 Å². The summed E-state index contributed by atoms with van der Waals surface area (Å²) in [5, 5.41) is 0.698. The van der Waals surface area contributed by atoms with Gasteiger partial charge in [0.2, 0.25) is 0 Å². The third kappa shape index (κ3) is 1.87. The highest BCUT2D eigenvalue weighted by molar-refractivity contribution is 9.10. The molecule has 1 aromatic heterocycles. The smallest absolute Gasteiger partial charge is 0.190 e. The number of nitrogens with one attached hydrogen (secondary N) is 1. The topological polar surface area (TPSA) is 32.9 Å². The molecule has 18 heavy (non-hydrogen) atoms. The summed E-state index contributed by atoms with van der Waals surface area (Å²) < 4.78 is 0.898. The van der Waals surface area contributed by atoms with Crippen LogP contribution in [0, 0.1) is 0 Å². The number of aromatic nitrogens is 1. The van der Waals surface area contributed by atoms with Gasteiger partial charge in [0.25, 0.3) is 0 Å². The molecule has 1 N–H and O–H groups in total. The standard InChI is InChI=1S/C15H10BrNO/c16-12-8-4-7-11-14(18)9-13(17-15(11)12)10-5-2-1-3-6-10/h1-9H,(H,17,18). The normalized spacial score (nSPS) is 10.7. The zero-order valence-electron chi connectivity index (χ0n) is 9.48. The van der Waals surface area contributed by atoms with Crippen molar-refractivity contribution in [3.8, 4) is 11.3 Å². The van der Waals surface area contributed by atoms with Gasteiger partial charge in [0, 0.05) is 21.6 Å². The van der Waals surface area contributed by atoms with E-state index in [1.54, 1.807) is 6.07 Å². The molecule has 0 aliphatic heterocycles. The van der Waals surface area contributed by atoms with Gasteiger partial charge in [-0.3, -0.25) is 4.79 Å². The van der Waals surface area contributed by atoms with Gasteiger partial charge in [-0.15, -0.1) is 0 Å².